The normalized spacial score (nSPS) is 18.7. The van der Waals surface area contributed by atoms with Crippen molar-refractivity contribution < 1.29 is 24.6 Å². The van der Waals surface area contributed by atoms with Crippen LogP contribution >= 0.6 is 0 Å². The molecular weight excluding hydrogens is 276 g/mol. The predicted octanol–water partition coefficient (Wildman–Crippen LogP) is 0.720. The molecule has 0 heterocycles. The summed E-state index contributed by atoms with van der Waals surface area (Å²) in [7, 11) is 0. The topological polar surface area (TPSA) is 130 Å². The fourth-order valence-corrected chi connectivity index (χ4v) is 2.78. The van der Waals surface area contributed by atoms with E-state index in [4.69, 9.17) is 15.9 Å². The van der Waals surface area contributed by atoms with Crippen LogP contribution in [0.4, 0.5) is 0 Å². The van der Waals surface area contributed by atoms with Crippen molar-refractivity contribution in [3.8, 4) is 0 Å². The minimum absolute atomic E-state index is 0.105. The number of carbonyl (C=O) groups excluding carboxylic acids is 1. The van der Waals surface area contributed by atoms with Gasteiger partial charge in [0.1, 0.15) is 6.04 Å². The molecule has 0 aliphatic heterocycles. The van der Waals surface area contributed by atoms with Gasteiger partial charge < -0.3 is 21.3 Å². The summed E-state index contributed by atoms with van der Waals surface area (Å²) in [4.78, 5) is 34.1. The molecule has 0 aromatic heterocycles. The quantitative estimate of drug-likeness (QED) is 0.522. The van der Waals surface area contributed by atoms with Crippen molar-refractivity contribution >= 4 is 17.8 Å². The lowest BCUT2D eigenvalue weighted by Gasteiger charge is -2.35. The summed E-state index contributed by atoms with van der Waals surface area (Å²) in [5.74, 6) is -2.43. The maximum Gasteiger partial charge on any atom is 0.326 e. The molecule has 7 heteroatoms. The minimum atomic E-state index is -1.14. The first-order chi connectivity index (χ1) is 9.91. The smallest absolute Gasteiger partial charge is 0.326 e. The summed E-state index contributed by atoms with van der Waals surface area (Å²) in [6.07, 6.45) is 4.46. The number of hydrogen-bond acceptors (Lipinski definition) is 4. The Kier molecular flexibility index (Phi) is 6.61. The Bertz CT molecular complexity index is 391. The first-order valence-corrected chi connectivity index (χ1v) is 7.37. The Morgan fingerprint density at radius 1 is 1.14 bits per heavy atom. The number of carboxylic acids is 2. The van der Waals surface area contributed by atoms with Gasteiger partial charge in [0.05, 0.1) is 5.41 Å². The van der Waals surface area contributed by atoms with Crippen LogP contribution in [0.1, 0.15) is 51.4 Å². The molecule has 7 nitrogen and oxygen atoms in total. The fraction of sp³-hybridized carbons (Fsp3) is 0.786. The van der Waals surface area contributed by atoms with Gasteiger partial charge in [0, 0.05) is 13.0 Å². The number of nitrogens with two attached hydrogens (primary N) is 1. The second-order valence-corrected chi connectivity index (χ2v) is 5.70. The zero-order valence-electron chi connectivity index (χ0n) is 12.1. The van der Waals surface area contributed by atoms with Crippen molar-refractivity contribution in [3.05, 3.63) is 0 Å². The Balaban J connectivity index is 2.62. The molecule has 0 bridgehead atoms. The van der Waals surface area contributed by atoms with E-state index in [-0.39, 0.29) is 31.7 Å². The summed E-state index contributed by atoms with van der Waals surface area (Å²) in [6, 6.07) is -1.05. The molecule has 1 amide bonds. The Morgan fingerprint density at radius 3 is 2.24 bits per heavy atom. The molecule has 120 valence electrons. The molecule has 0 aromatic carbocycles. The SMILES string of the molecule is NCC1(C(=O)N[C@H](CCCC(=O)O)C(=O)O)CCCCC1. The zero-order chi connectivity index (χ0) is 15.9. The van der Waals surface area contributed by atoms with Crippen LogP contribution in [-0.4, -0.2) is 40.6 Å². The molecule has 5 N–H and O–H groups in total. The van der Waals surface area contributed by atoms with Crippen molar-refractivity contribution in [3.63, 3.8) is 0 Å². The average Bonchev–Trinajstić information content (AvgIpc) is 2.46. The van der Waals surface area contributed by atoms with Crippen molar-refractivity contribution in [2.75, 3.05) is 6.54 Å². The van der Waals surface area contributed by atoms with Crippen LogP contribution in [0.15, 0.2) is 0 Å². The molecule has 0 radical (unpaired) electrons. The van der Waals surface area contributed by atoms with Crippen LogP contribution in [-0.2, 0) is 14.4 Å². The number of aliphatic carboxylic acids is 2. The molecule has 0 aromatic rings. The molecule has 1 atom stereocenters. The molecule has 1 fully saturated rings. The highest BCUT2D eigenvalue weighted by atomic mass is 16.4. The predicted molar refractivity (Wildman–Crippen MR) is 75.6 cm³/mol. The standard InChI is InChI=1S/C14H24N2O5/c15-9-14(7-2-1-3-8-14)13(21)16-10(12(19)20)5-4-6-11(17)18/h10H,1-9,15H2,(H,16,21)(H,17,18)(H,19,20)/t10-/m1/s1. The summed E-state index contributed by atoms with van der Waals surface area (Å²) < 4.78 is 0. The van der Waals surface area contributed by atoms with E-state index in [2.05, 4.69) is 5.32 Å². The number of hydrogen-bond donors (Lipinski definition) is 4. The zero-order valence-corrected chi connectivity index (χ0v) is 12.1. The third-order valence-electron chi connectivity index (χ3n) is 4.17. The van der Waals surface area contributed by atoms with E-state index < -0.39 is 23.4 Å². The van der Waals surface area contributed by atoms with Crippen LogP contribution in [0.3, 0.4) is 0 Å². The van der Waals surface area contributed by atoms with E-state index in [0.29, 0.717) is 12.8 Å². The van der Waals surface area contributed by atoms with Crippen LogP contribution in [0.5, 0.6) is 0 Å². The van der Waals surface area contributed by atoms with Crippen LogP contribution in [0.25, 0.3) is 0 Å². The van der Waals surface area contributed by atoms with Gasteiger partial charge in [0.25, 0.3) is 0 Å². The molecule has 1 aliphatic carbocycles. The van der Waals surface area contributed by atoms with Gasteiger partial charge in [0.2, 0.25) is 5.91 Å². The largest absolute Gasteiger partial charge is 0.481 e. The van der Waals surface area contributed by atoms with Crippen molar-refractivity contribution in [1.82, 2.24) is 5.32 Å². The maximum atomic E-state index is 12.4. The highest BCUT2D eigenvalue weighted by Crippen LogP contribution is 2.35. The fourth-order valence-electron chi connectivity index (χ4n) is 2.78. The number of amides is 1. The summed E-state index contributed by atoms with van der Waals surface area (Å²) in [6.45, 7) is 0.209. The van der Waals surface area contributed by atoms with E-state index in [9.17, 15) is 14.4 Å². The van der Waals surface area contributed by atoms with Gasteiger partial charge >= 0.3 is 11.9 Å². The number of rotatable bonds is 8. The Morgan fingerprint density at radius 2 is 1.76 bits per heavy atom. The highest BCUT2D eigenvalue weighted by molar-refractivity contribution is 5.87. The summed E-state index contributed by atoms with van der Waals surface area (Å²) in [5, 5.41) is 20.3. The minimum Gasteiger partial charge on any atom is -0.481 e. The van der Waals surface area contributed by atoms with Gasteiger partial charge in [-0.3, -0.25) is 9.59 Å². The van der Waals surface area contributed by atoms with E-state index >= 15 is 0 Å². The average molecular weight is 300 g/mol. The summed E-state index contributed by atoms with van der Waals surface area (Å²) in [5.41, 5.74) is 5.08. The van der Waals surface area contributed by atoms with Gasteiger partial charge in [-0.15, -0.1) is 0 Å². The molecule has 21 heavy (non-hydrogen) atoms. The van der Waals surface area contributed by atoms with E-state index in [0.717, 1.165) is 19.3 Å². The summed E-state index contributed by atoms with van der Waals surface area (Å²) >= 11 is 0. The number of carbonyl (C=O) groups is 3. The third-order valence-corrected chi connectivity index (χ3v) is 4.17. The molecule has 0 spiro atoms. The number of carboxylic acid groups (broad SMARTS) is 2. The molecule has 0 saturated heterocycles. The van der Waals surface area contributed by atoms with E-state index in [1.54, 1.807) is 0 Å². The first kappa shape index (κ1) is 17.4. The first-order valence-electron chi connectivity index (χ1n) is 7.37. The van der Waals surface area contributed by atoms with Crippen molar-refractivity contribution in [2.24, 2.45) is 11.1 Å². The lowest BCUT2D eigenvalue weighted by atomic mass is 9.73. The van der Waals surface area contributed by atoms with E-state index in [1.165, 1.54) is 0 Å². The molecule has 1 saturated carbocycles. The Labute approximate surface area is 123 Å². The monoisotopic (exact) mass is 300 g/mol. The third kappa shape index (κ3) is 5.00. The lowest BCUT2D eigenvalue weighted by molar-refractivity contribution is -0.145. The number of nitrogens with one attached hydrogen (secondary N) is 1. The maximum absolute atomic E-state index is 12.4. The molecule has 1 aliphatic rings. The van der Waals surface area contributed by atoms with Crippen LogP contribution in [0, 0.1) is 5.41 Å². The second kappa shape index (κ2) is 7.97. The molecule has 1 rings (SSSR count). The van der Waals surface area contributed by atoms with Crippen LogP contribution < -0.4 is 11.1 Å². The van der Waals surface area contributed by atoms with Crippen molar-refractivity contribution in [1.29, 1.82) is 0 Å². The molecule has 0 unspecified atom stereocenters. The van der Waals surface area contributed by atoms with Gasteiger partial charge in [-0.1, -0.05) is 19.3 Å². The van der Waals surface area contributed by atoms with Gasteiger partial charge in [0.15, 0.2) is 0 Å². The lowest BCUT2D eigenvalue weighted by Crippen LogP contribution is -2.52. The second-order valence-electron chi connectivity index (χ2n) is 5.70. The van der Waals surface area contributed by atoms with Gasteiger partial charge in [-0.05, 0) is 25.7 Å². The van der Waals surface area contributed by atoms with Gasteiger partial charge in [-0.25, -0.2) is 4.79 Å². The van der Waals surface area contributed by atoms with Gasteiger partial charge in [-0.2, -0.15) is 0 Å². The van der Waals surface area contributed by atoms with E-state index in [1.807, 2.05) is 0 Å². The van der Waals surface area contributed by atoms with Crippen molar-refractivity contribution in [2.45, 2.75) is 57.4 Å². The molecular formula is C14H24N2O5. The Hall–Kier alpha value is -1.63. The van der Waals surface area contributed by atoms with Crippen LogP contribution in [0.2, 0.25) is 0 Å². The highest BCUT2D eigenvalue weighted by Gasteiger charge is 2.39.